The maximum absolute atomic E-state index is 12.1. The number of rotatable bonds is 9. The molecule has 1 N–H and O–H groups in total. The number of hydrogen-bond donors (Lipinski definition) is 1. The maximum atomic E-state index is 12.1. The predicted octanol–water partition coefficient (Wildman–Crippen LogP) is 2.58. The molecule has 128 valence electrons. The minimum atomic E-state index is -0.966. The highest BCUT2D eigenvalue weighted by molar-refractivity contribution is 7.84. The molecule has 0 heterocycles. The minimum Gasteiger partial charge on any atom is -0.363 e. The van der Waals surface area contributed by atoms with E-state index in [1.54, 1.807) is 0 Å². The van der Waals surface area contributed by atoms with Crippen LogP contribution in [-0.2, 0) is 21.3 Å². The van der Waals surface area contributed by atoms with E-state index in [1.807, 2.05) is 72.5 Å². The Morgan fingerprint density at radius 1 is 1.04 bits per heavy atom. The van der Waals surface area contributed by atoms with Crippen molar-refractivity contribution in [3.05, 3.63) is 66.2 Å². The summed E-state index contributed by atoms with van der Waals surface area (Å²) in [6.07, 6.45) is 0. The molecule has 4 nitrogen and oxygen atoms in total. The molecule has 0 fully saturated rings. The fourth-order valence-corrected chi connectivity index (χ4v) is 3.43. The molecule has 0 saturated heterocycles. The van der Waals surface area contributed by atoms with Gasteiger partial charge >= 0.3 is 0 Å². The van der Waals surface area contributed by atoms with Gasteiger partial charge in [-0.05, 0) is 24.6 Å². The van der Waals surface area contributed by atoms with Gasteiger partial charge in [0.25, 0.3) is 0 Å². The molecule has 2 aromatic rings. The Hall–Kier alpha value is -2.14. The molecule has 1 atom stereocenters. The van der Waals surface area contributed by atoms with Gasteiger partial charge in [-0.3, -0.25) is 9.00 Å². The van der Waals surface area contributed by atoms with E-state index >= 15 is 0 Å². The number of carbonyl (C=O) groups is 1. The average Bonchev–Trinajstić information content (AvgIpc) is 2.61. The zero-order chi connectivity index (χ0) is 17.2. The molecule has 0 aromatic heterocycles. The monoisotopic (exact) mass is 344 g/mol. The zero-order valence-corrected chi connectivity index (χ0v) is 14.8. The topological polar surface area (TPSA) is 49.4 Å². The van der Waals surface area contributed by atoms with Crippen LogP contribution in [0, 0.1) is 0 Å². The number of likely N-dealkylation sites (N-methyl/N-ethyl adjacent to an activating group) is 1. The third-order valence-corrected chi connectivity index (χ3v) is 4.97. The highest BCUT2D eigenvalue weighted by Gasteiger charge is 2.10. The summed E-state index contributed by atoms with van der Waals surface area (Å²) in [6.45, 7) is 3.53. The lowest BCUT2D eigenvalue weighted by atomic mass is 10.2. The number of nitrogens with zero attached hydrogens (tertiary/aromatic N) is 1. The van der Waals surface area contributed by atoms with Gasteiger partial charge < -0.3 is 10.2 Å². The van der Waals surface area contributed by atoms with E-state index in [1.165, 1.54) is 0 Å². The first kappa shape index (κ1) is 18.2. The van der Waals surface area contributed by atoms with Crippen LogP contribution in [0.15, 0.2) is 60.7 Å². The van der Waals surface area contributed by atoms with Gasteiger partial charge in [0, 0.05) is 41.1 Å². The van der Waals surface area contributed by atoms with Crippen molar-refractivity contribution in [1.29, 1.82) is 0 Å². The Morgan fingerprint density at radius 2 is 1.67 bits per heavy atom. The van der Waals surface area contributed by atoms with Gasteiger partial charge in [-0.15, -0.1) is 0 Å². The minimum absolute atomic E-state index is 0.0441. The first-order valence-electron chi connectivity index (χ1n) is 8.14. The molecule has 5 heteroatoms. The third kappa shape index (κ3) is 6.16. The van der Waals surface area contributed by atoms with Crippen LogP contribution in [0.5, 0.6) is 0 Å². The lowest BCUT2D eigenvalue weighted by Crippen LogP contribution is -2.38. The van der Waals surface area contributed by atoms with Crippen LogP contribution in [-0.4, -0.2) is 35.5 Å². The third-order valence-electron chi connectivity index (χ3n) is 3.66. The average molecular weight is 344 g/mol. The van der Waals surface area contributed by atoms with Crippen LogP contribution in [0.25, 0.3) is 0 Å². The van der Waals surface area contributed by atoms with Crippen LogP contribution < -0.4 is 10.2 Å². The van der Waals surface area contributed by atoms with Crippen molar-refractivity contribution in [3.8, 4) is 0 Å². The quantitative estimate of drug-likeness (QED) is 0.761. The smallest absolute Gasteiger partial charge is 0.239 e. The van der Waals surface area contributed by atoms with Crippen LogP contribution in [0.4, 0.5) is 5.69 Å². The van der Waals surface area contributed by atoms with E-state index < -0.39 is 10.8 Å². The van der Waals surface area contributed by atoms with Crippen molar-refractivity contribution in [2.45, 2.75) is 12.7 Å². The van der Waals surface area contributed by atoms with Crippen molar-refractivity contribution in [2.24, 2.45) is 0 Å². The molecule has 0 aliphatic heterocycles. The highest BCUT2D eigenvalue weighted by Crippen LogP contribution is 2.11. The molecule has 0 aliphatic rings. The largest absolute Gasteiger partial charge is 0.363 e. The first-order chi connectivity index (χ1) is 11.7. The Labute approximate surface area is 146 Å². The van der Waals surface area contributed by atoms with E-state index in [2.05, 4.69) is 5.32 Å². The van der Waals surface area contributed by atoms with Crippen LogP contribution in [0.2, 0.25) is 0 Å². The molecule has 0 spiro atoms. The van der Waals surface area contributed by atoms with E-state index in [-0.39, 0.29) is 5.91 Å². The Kier molecular flexibility index (Phi) is 7.49. The number of carbonyl (C=O) groups excluding carboxylic acids is 1. The molecule has 0 bridgehead atoms. The Bertz CT molecular complexity index is 647. The summed E-state index contributed by atoms with van der Waals surface area (Å²) in [6, 6.07) is 19.6. The van der Waals surface area contributed by atoms with E-state index in [0.717, 1.165) is 17.8 Å². The van der Waals surface area contributed by atoms with Crippen LogP contribution in [0.3, 0.4) is 0 Å². The molecule has 1 amide bonds. The number of amides is 1. The second-order valence-electron chi connectivity index (χ2n) is 5.47. The van der Waals surface area contributed by atoms with Gasteiger partial charge in [-0.25, -0.2) is 0 Å². The molecular weight excluding hydrogens is 320 g/mol. The van der Waals surface area contributed by atoms with Gasteiger partial charge in [-0.1, -0.05) is 48.5 Å². The van der Waals surface area contributed by atoms with Gasteiger partial charge in [-0.2, -0.15) is 0 Å². The second kappa shape index (κ2) is 9.88. The van der Waals surface area contributed by atoms with E-state index in [9.17, 15) is 9.00 Å². The first-order valence-corrected chi connectivity index (χ1v) is 9.63. The maximum Gasteiger partial charge on any atom is 0.239 e. The van der Waals surface area contributed by atoms with Crippen LogP contribution >= 0.6 is 0 Å². The molecule has 0 radical (unpaired) electrons. The second-order valence-corrected chi connectivity index (χ2v) is 7.05. The molecule has 0 aliphatic carbocycles. The molecule has 2 aromatic carbocycles. The number of anilines is 1. The van der Waals surface area contributed by atoms with Crippen molar-refractivity contribution >= 4 is 22.4 Å². The van der Waals surface area contributed by atoms with Crippen LogP contribution in [0.1, 0.15) is 12.5 Å². The summed E-state index contributed by atoms with van der Waals surface area (Å²) >= 11 is 0. The van der Waals surface area contributed by atoms with Gasteiger partial charge in [0.15, 0.2) is 0 Å². The normalized spacial score (nSPS) is 11.7. The van der Waals surface area contributed by atoms with E-state index in [4.69, 9.17) is 0 Å². The molecule has 0 unspecified atom stereocenters. The predicted molar refractivity (Wildman–Crippen MR) is 100 cm³/mol. The van der Waals surface area contributed by atoms with Crippen molar-refractivity contribution in [2.75, 3.05) is 30.3 Å². The summed E-state index contributed by atoms with van der Waals surface area (Å²) in [5, 5.41) is 2.86. The van der Waals surface area contributed by atoms with E-state index in [0.29, 0.717) is 24.6 Å². The molecule has 24 heavy (non-hydrogen) atoms. The number of hydrogen-bond acceptors (Lipinski definition) is 3. The number of benzene rings is 2. The fourth-order valence-electron chi connectivity index (χ4n) is 2.39. The lowest BCUT2D eigenvalue weighted by Gasteiger charge is -2.22. The summed E-state index contributed by atoms with van der Waals surface area (Å²) in [5.74, 6) is 0.956. The summed E-state index contributed by atoms with van der Waals surface area (Å²) in [5.41, 5.74) is 2.09. The summed E-state index contributed by atoms with van der Waals surface area (Å²) in [4.78, 5) is 14.1. The van der Waals surface area contributed by atoms with Gasteiger partial charge in [0.2, 0.25) is 5.91 Å². The molecule has 0 saturated carbocycles. The fraction of sp³-hybridized carbons (Fsp3) is 0.316. The van der Waals surface area contributed by atoms with Crippen molar-refractivity contribution in [3.63, 3.8) is 0 Å². The Balaban J connectivity index is 1.72. The SMILES string of the molecule is CCN(CC(=O)NCC[S@@](=O)Cc1ccccc1)c1ccccc1. The van der Waals surface area contributed by atoms with Crippen molar-refractivity contribution in [1.82, 2.24) is 5.32 Å². The number of para-hydroxylation sites is 1. The zero-order valence-electron chi connectivity index (χ0n) is 14.0. The Morgan fingerprint density at radius 3 is 2.29 bits per heavy atom. The number of nitrogens with one attached hydrogen (secondary N) is 1. The van der Waals surface area contributed by atoms with Crippen molar-refractivity contribution < 1.29 is 9.00 Å². The molecular formula is C19H24N2O2S. The summed E-state index contributed by atoms with van der Waals surface area (Å²) in [7, 11) is -0.966. The highest BCUT2D eigenvalue weighted by atomic mass is 32.2. The molecule has 2 rings (SSSR count). The lowest BCUT2D eigenvalue weighted by molar-refractivity contribution is -0.119. The standard InChI is InChI=1S/C19H24N2O2S/c1-2-21(18-11-7-4-8-12-18)15-19(22)20-13-14-24(23)16-17-9-5-3-6-10-17/h3-12H,2,13-16H2,1H3,(H,20,22)/t24-/m1/s1. The van der Waals surface area contributed by atoms with Gasteiger partial charge in [0.1, 0.15) is 0 Å². The van der Waals surface area contributed by atoms with Gasteiger partial charge in [0.05, 0.1) is 6.54 Å². The summed E-state index contributed by atoms with van der Waals surface area (Å²) < 4.78 is 12.0.